The standard InChI is InChI=1S/C17H13N2.C5H12O2.Ir/c1-13-17(19-11-10-18-13)16-9-5-8-15(12-16)14-6-3-2-4-7-14;1-4(6)3-5(2)7;/h2-8,10-12H,1H3;4-7H,3H2,1-2H3;/q-1;;. The van der Waals surface area contributed by atoms with Crippen molar-refractivity contribution in [1.82, 2.24) is 9.97 Å². The summed E-state index contributed by atoms with van der Waals surface area (Å²) >= 11 is 0. The van der Waals surface area contributed by atoms with Gasteiger partial charge in [-0.2, -0.15) is 0 Å². The Balaban J connectivity index is 0.000000395. The number of hydrogen-bond acceptors (Lipinski definition) is 4. The van der Waals surface area contributed by atoms with E-state index in [4.69, 9.17) is 10.2 Å². The molecule has 2 atom stereocenters. The normalized spacial score (nSPS) is 12.2. The zero-order valence-corrected chi connectivity index (χ0v) is 18.2. The Morgan fingerprint density at radius 1 is 0.926 bits per heavy atom. The maximum absolute atomic E-state index is 8.56. The molecule has 1 aromatic heterocycles. The maximum atomic E-state index is 8.56. The predicted molar refractivity (Wildman–Crippen MR) is 104 cm³/mol. The molecule has 2 aromatic carbocycles. The van der Waals surface area contributed by atoms with E-state index < -0.39 is 0 Å². The molecule has 0 aliphatic rings. The summed E-state index contributed by atoms with van der Waals surface area (Å²) in [7, 11) is 0. The third-order valence-electron chi connectivity index (χ3n) is 3.73. The Morgan fingerprint density at radius 3 is 2.11 bits per heavy atom. The summed E-state index contributed by atoms with van der Waals surface area (Å²) in [6.45, 7) is 5.28. The predicted octanol–water partition coefficient (Wildman–Crippen LogP) is 4.05. The summed E-state index contributed by atoms with van der Waals surface area (Å²) in [4.78, 5) is 8.66. The van der Waals surface area contributed by atoms with E-state index in [0.29, 0.717) is 6.42 Å². The van der Waals surface area contributed by atoms with E-state index >= 15 is 0 Å². The average Bonchev–Trinajstić information content (AvgIpc) is 2.62. The minimum absolute atomic E-state index is 0. The number of aliphatic hydroxyl groups is 2. The Labute approximate surface area is 174 Å². The van der Waals surface area contributed by atoms with Gasteiger partial charge in [-0.25, -0.2) is 0 Å². The van der Waals surface area contributed by atoms with Crippen molar-refractivity contribution >= 4 is 0 Å². The molecule has 0 aliphatic heterocycles. The molecular formula is C22H25IrN2O2-. The third kappa shape index (κ3) is 7.69. The quantitative estimate of drug-likeness (QED) is 0.489. The molecule has 27 heavy (non-hydrogen) atoms. The Hall–Kier alpha value is -1.91. The third-order valence-corrected chi connectivity index (χ3v) is 3.73. The molecule has 3 rings (SSSR count). The van der Waals surface area contributed by atoms with Gasteiger partial charge in [0.05, 0.1) is 12.2 Å². The van der Waals surface area contributed by atoms with Gasteiger partial charge < -0.3 is 15.2 Å². The summed E-state index contributed by atoms with van der Waals surface area (Å²) in [5, 5.41) is 17.1. The fourth-order valence-corrected chi connectivity index (χ4v) is 2.58. The molecule has 0 fully saturated rings. The summed E-state index contributed by atoms with van der Waals surface area (Å²) in [5.41, 5.74) is 5.15. The minimum atomic E-state index is -0.375. The molecule has 0 amide bonds. The molecule has 1 heterocycles. The Morgan fingerprint density at radius 2 is 1.56 bits per heavy atom. The molecule has 0 bridgehead atoms. The number of hydrogen-bond donors (Lipinski definition) is 2. The van der Waals surface area contributed by atoms with Gasteiger partial charge in [0.1, 0.15) is 0 Å². The number of aliphatic hydroxyl groups excluding tert-OH is 2. The van der Waals surface area contributed by atoms with E-state index in [1.807, 2.05) is 31.2 Å². The molecule has 0 saturated carbocycles. The Kier molecular flexibility index (Phi) is 10.0. The number of benzene rings is 2. The molecule has 0 spiro atoms. The largest absolute Gasteiger partial charge is 0.393 e. The molecule has 5 heteroatoms. The zero-order chi connectivity index (χ0) is 18.9. The van der Waals surface area contributed by atoms with Crippen LogP contribution in [0.5, 0.6) is 0 Å². The van der Waals surface area contributed by atoms with E-state index in [1.165, 1.54) is 11.1 Å². The van der Waals surface area contributed by atoms with Gasteiger partial charge in [-0.15, -0.1) is 35.4 Å². The van der Waals surface area contributed by atoms with E-state index in [1.54, 1.807) is 26.2 Å². The van der Waals surface area contributed by atoms with Crippen molar-refractivity contribution < 1.29 is 30.3 Å². The first kappa shape index (κ1) is 23.1. The van der Waals surface area contributed by atoms with Gasteiger partial charge in [-0.3, -0.25) is 4.98 Å². The van der Waals surface area contributed by atoms with Crippen molar-refractivity contribution in [1.29, 1.82) is 0 Å². The monoisotopic (exact) mass is 542 g/mol. The van der Waals surface area contributed by atoms with E-state index in [9.17, 15) is 0 Å². The van der Waals surface area contributed by atoms with Gasteiger partial charge >= 0.3 is 0 Å². The van der Waals surface area contributed by atoms with Crippen LogP contribution in [0.4, 0.5) is 0 Å². The van der Waals surface area contributed by atoms with E-state index in [2.05, 4.69) is 40.3 Å². The molecule has 2 N–H and O–H groups in total. The molecule has 145 valence electrons. The summed E-state index contributed by atoms with van der Waals surface area (Å²) in [5.74, 6) is 0. The first-order valence-corrected chi connectivity index (χ1v) is 8.68. The van der Waals surface area contributed by atoms with Crippen LogP contribution in [0.1, 0.15) is 26.0 Å². The molecule has 4 nitrogen and oxygen atoms in total. The Bertz CT molecular complexity index is 802. The van der Waals surface area contributed by atoms with Crippen molar-refractivity contribution in [2.24, 2.45) is 0 Å². The molecule has 0 aliphatic carbocycles. The number of aryl methyl sites for hydroxylation is 1. The van der Waals surface area contributed by atoms with Gasteiger partial charge in [0.2, 0.25) is 0 Å². The average molecular weight is 542 g/mol. The molecule has 0 saturated heterocycles. The molecule has 2 unspecified atom stereocenters. The zero-order valence-electron chi connectivity index (χ0n) is 15.8. The van der Waals surface area contributed by atoms with Gasteiger partial charge in [-0.05, 0) is 32.8 Å². The van der Waals surface area contributed by atoms with Crippen molar-refractivity contribution in [2.75, 3.05) is 0 Å². The second-order valence-electron chi connectivity index (χ2n) is 6.28. The summed E-state index contributed by atoms with van der Waals surface area (Å²) in [6, 6.07) is 19.6. The van der Waals surface area contributed by atoms with Crippen LogP contribution in [0.15, 0.2) is 60.9 Å². The van der Waals surface area contributed by atoms with Crippen LogP contribution in [0.25, 0.3) is 22.4 Å². The van der Waals surface area contributed by atoms with E-state index in [0.717, 1.165) is 17.0 Å². The molecule has 1 radical (unpaired) electrons. The smallest absolute Gasteiger partial charge is 0.0536 e. The van der Waals surface area contributed by atoms with Gasteiger partial charge in [0.25, 0.3) is 0 Å². The van der Waals surface area contributed by atoms with Crippen molar-refractivity contribution in [2.45, 2.75) is 39.4 Å². The first-order valence-electron chi connectivity index (χ1n) is 8.68. The fraction of sp³-hybridized carbons (Fsp3) is 0.273. The second-order valence-corrected chi connectivity index (χ2v) is 6.28. The fourth-order valence-electron chi connectivity index (χ4n) is 2.58. The van der Waals surface area contributed by atoms with Crippen LogP contribution in [-0.4, -0.2) is 32.4 Å². The summed E-state index contributed by atoms with van der Waals surface area (Å²) in [6.07, 6.45) is 3.14. The maximum Gasteiger partial charge on any atom is 0.0536 e. The van der Waals surface area contributed by atoms with Crippen LogP contribution in [0.2, 0.25) is 0 Å². The SMILES string of the molecule is CC(O)CC(C)O.Cc1nccnc1-c1[c-]ccc(-c2ccccc2)c1.[Ir]. The number of rotatable bonds is 4. The topological polar surface area (TPSA) is 66.2 Å². The number of nitrogens with zero attached hydrogens (tertiary/aromatic N) is 2. The summed E-state index contributed by atoms with van der Waals surface area (Å²) < 4.78 is 0. The van der Waals surface area contributed by atoms with Crippen LogP contribution in [0, 0.1) is 13.0 Å². The van der Waals surface area contributed by atoms with Crippen LogP contribution >= 0.6 is 0 Å². The second kappa shape index (κ2) is 11.7. The van der Waals surface area contributed by atoms with Crippen molar-refractivity contribution in [3.8, 4) is 22.4 Å². The number of aromatic nitrogens is 2. The van der Waals surface area contributed by atoms with Crippen LogP contribution < -0.4 is 0 Å². The molecular weight excluding hydrogens is 516 g/mol. The first-order chi connectivity index (χ1) is 12.5. The van der Waals surface area contributed by atoms with Crippen LogP contribution in [0.3, 0.4) is 0 Å². The minimum Gasteiger partial charge on any atom is -0.393 e. The van der Waals surface area contributed by atoms with E-state index in [-0.39, 0.29) is 32.3 Å². The van der Waals surface area contributed by atoms with Crippen molar-refractivity contribution in [3.05, 3.63) is 72.7 Å². The van der Waals surface area contributed by atoms with Crippen molar-refractivity contribution in [3.63, 3.8) is 0 Å². The van der Waals surface area contributed by atoms with Gasteiger partial charge in [0, 0.05) is 43.9 Å². The van der Waals surface area contributed by atoms with Crippen LogP contribution in [-0.2, 0) is 20.1 Å². The van der Waals surface area contributed by atoms with Gasteiger partial charge in [-0.1, -0.05) is 30.3 Å². The molecule has 3 aromatic rings. The van der Waals surface area contributed by atoms with Gasteiger partial charge in [0.15, 0.2) is 0 Å².